The molecule has 1 N–H and O–H groups in total. The molecule has 1 saturated heterocycles. The van der Waals surface area contributed by atoms with Crippen molar-refractivity contribution in [3.8, 4) is 0 Å². The predicted octanol–water partition coefficient (Wildman–Crippen LogP) is 2.41. The van der Waals surface area contributed by atoms with Crippen LogP contribution in [-0.2, 0) is 4.79 Å². The first-order valence-corrected chi connectivity index (χ1v) is 7.08. The minimum atomic E-state index is 0.272. The Balaban J connectivity index is 2.40. The second-order valence-electron chi connectivity index (χ2n) is 5.46. The van der Waals surface area contributed by atoms with Gasteiger partial charge in [-0.2, -0.15) is 0 Å². The van der Waals surface area contributed by atoms with Gasteiger partial charge in [0.05, 0.1) is 6.54 Å². The zero-order chi connectivity index (χ0) is 12.9. The van der Waals surface area contributed by atoms with Gasteiger partial charge in [-0.1, -0.05) is 20.8 Å². The number of nitrogens with one attached hydrogen (secondary N) is 1. The average Bonchev–Trinajstić information content (AvgIpc) is 2.80. The van der Waals surface area contributed by atoms with E-state index in [-0.39, 0.29) is 5.91 Å². The van der Waals surface area contributed by atoms with E-state index in [1.807, 2.05) is 4.90 Å². The molecule has 0 radical (unpaired) electrons. The van der Waals surface area contributed by atoms with Crippen molar-refractivity contribution in [1.82, 2.24) is 10.2 Å². The zero-order valence-electron chi connectivity index (χ0n) is 11.9. The Hall–Kier alpha value is -0.570. The minimum Gasteiger partial charge on any atom is -0.341 e. The largest absolute Gasteiger partial charge is 0.341 e. The smallest absolute Gasteiger partial charge is 0.236 e. The molecule has 0 aromatic heterocycles. The summed E-state index contributed by atoms with van der Waals surface area (Å²) in [5, 5.41) is 3.28. The van der Waals surface area contributed by atoms with E-state index in [2.05, 4.69) is 33.0 Å². The Morgan fingerprint density at radius 3 is 2.47 bits per heavy atom. The van der Waals surface area contributed by atoms with Crippen LogP contribution in [0.2, 0.25) is 0 Å². The molecule has 0 aliphatic carbocycles. The Morgan fingerprint density at radius 2 is 2.00 bits per heavy atom. The van der Waals surface area contributed by atoms with E-state index in [4.69, 9.17) is 0 Å². The molecule has 1 atom stereocenters. The molecule has 1 amide bonds. The molecule has 0 spiro atoms. The molecule has 3 heteroatoms. The average molecular weight is 240 g/mol. The van der Waals surface area contributed by atoms with Gasteiger partial charge in [-0.15, -0.1) is 0 Å². The van der Waals surface area contributed by atoms with Crippen LogP contribution in [0.15, 0.2) is 0 Å². The zero-order valence-corrected chi connectivity index (χ0v) is 11.9. The summed E-state index contributed by atoms with van der Waals surface area (Å²) in [6.45, 7) is 11.2. The summed E-state index contributed by atoms with van der Waals surface area (Å²) >= 11 is 0. The molecule has 0 aromatic rings. The number of amides is 1. The minimum absolute atomic E-state index is 0.272. The second kappa shape index (κ2) is 6.39. The number of nitrogens with zero attached hydrogens (tertiary/aromatic N) is 1. The SMILES string of the molecule is CCC(C)NCC(=O)N1CCC(CC)(CC)C1. The summed E-state index contributed by atoms with van der Waals surface area (Å²) in [5.74, 6) is 0.272. The normalized spacial score (nSPS) is 20.6. The van der Waals surface area contributed by atoms with Gasteiger partial charge in [0.25, 0.3) is 0 Å². The third kappa shape index (κ3) is 3.70. The van der Waals surface area contributed by atoms with Crippen molar-refractivity contribution in [2.45, 2.75) is 59.4 Å². The van der Waals surface area contributed by atoms with Crippen LogP contribution in [0.4, 0.5) is 0 Å². The highest BCUT2D eigenvalue weighted by Gasteiger charge is 2.36. The molecule has 1 aliphatic heterocycles. The van der Waals surface area contributed by atoms with Gasteiger partial charge in [-0.05, 0) is 38.0 Å². The monoisotopic (exact) mass is 240 g/mol. The van der Waals surface area contributed by atoms with E-state index in [1.54, 1.807) is 0 Å². The number of rotatable bonds is 6. The molecule has 0 aromatic carbocycles. The van der Waals surface area contributed by atoms with Crippen molar-refractivity contribution in [1.29, 1.82) is 0 Å². The van der Waals surface area contributed by atoms with Gasteiger partial charge in [0.2, 0.25) is 5.91 Å². The lowest BCUT2D eigenvalue weighted by molar-refractivity contribution is -0.129. The fraction of sp³-hybridized carbons (Fsp3) is 0.929. The van der Waals surface area contributed by atoms with E-state index < -0.39 is 0 Å². The van der Waals surface area contributed by atoms with E-state index in [9.17, 15) is 4.79 Å². The fourth-order valence-corrected chi connectivity index (χ4v) is 2.49. The van der Waals surface area contributed by atoms with Crippen LogP contribution < -0.4 is 5.32 Å². The van der Waals surface area contributed by atoms with E-state index in [0.29, 0.717) is 18.0 Å². The molecule has 1 heterocycles. The summed E-state index contributed by atoms with van der Waals surface area (Å²) in [7, 11) is 0. The highest BCUT2D eigenvalue weighted by atomic mass is 16.2. The lowest BCUT2D eigenvalue weighted by atomic mass is 9.82. The van der Waals surface area contributed by atoms with Gasteiger partial charge >= 0.3 is 0 Å². The fourth-order valence-electron chi connectivity index (χ4n) is 2.49. The molecule has 0 saturated carbocycles. The van der Waals surface area contributed by atoms with Crippen LogP contribution in [-0.4, -0.2) is 36.5 Å². The van der Waals surface area contributed by atoms with E-state index in [0.717, 1.165) is 19.5 Å². The van der Waals surface area contributed by atoms with Gasteiger partial charge < -0.3 is 10.2 Å². The lowest BCUT2D eigenvalue weighted by Crippen LogP contribution is -2.40. The van der Waals surface area contributed by atoms with Crippen LogP contribution in [0.5, 0.6) is 0 Å². The Labute approximate surface area is 106 Å². The summed E-state index contributed by atoms with van der Waals surface area (Å²) in [6.07, 6.45) is 4.62. The molecule has 17 heavy (non-hydrogen) atoms. The molecule has 1 fully saturated rings. The van der Waals surface area contributed by atoms with Crippen LogP contribution in [0, 0.1) is 5.41 Å². The van der Waals surface area contributed by atoms with Crippen LogP contribution in [0.25, 0.3) is 0 Å². The summed E-state index contributed by atoms with van der Waals surface area (Å²) in [5.41, 5.74) is 0.395. The van der Waals surface area contributed by atoms with Crippen molar-refractivity contribution in [3.05, 3.63) is 0 Å². The maximum Gasteiger partial charge on any atom is 0.236 e. The van der Waals surface area contributed by atoms with E-state index >= 15 is 0 Å². The summed E-state index contributed by atoms with van der Waals surface area (Å²) < 4.78 is 0. The van der Waals surface area contributed by atoms with Crippen molar-refractivity contribution in [2.75, 3.05) is 19.6 Å². The highest BCUT2D eigenvalue weighted by molar-refractivity contribution is 5.78. The molecular formula is C14H28N2O. The topological polar surface area (TPSA) is 32.3 Å². The summed E-state index contributed by atoms with van der Waals surface area (Å²) in [4.78, 5) is 14.1. The third-order valence-electron chi connectivity index (χ3n) is 4.51. The maximum atomic E-state index is 12.0. The summed E-state index contributed by atoms with van der Waals surface area (Å²) in [6, 6.07) is 0.434. The number of hydrogen-bond acceptors (Lipinski definition) is 2. The molecular weight excluding hydrogens is 212 g/mol. The number of carbonyl (C=O) groups excluding carboxylic acids is 1. The van der Waals surface area contributed by atoms with Gasteiger partial charge in [-0.3, -0.25) is 4.79 Å². The standard InChI is InChI=1S/C14H28N2O/c1-5-12(4)15-10-13(17)16-9-8-14(6-2,7-3)11-16/h12,15H,5-11H2,1-4H3. The molecule has 0 bridgehead atoms. The lowest BCUT2D eigenvalue weighted by Gasteiger charge is -2.26. The van der Waals surface area contributed by atoms with Gasteiger partial charge in [0.15, 0.2) is 0 Å². The first-order valence-electron chi connectivity index (χ1n) is 7.08. The third-order valence-corrected chi connectivity index (χ3v) is 4.51. The Morgan fingerprint density at radius 1 is 1.35 bits per heavy atom. The molecule has 1 rings (SSSR count). The van der Waals surface area contributed by atoms with Gasteiger partial charge in [0.1, 0.15) is 0 Å². The number of hydrogen-bond donors (Lipinski definition) is 1. The molecule has 100 valence electrons. The first kappa shape index (κ1) is 14.5. The van der Waals surface area contributed by atoms with Crippen molar-refractivity contribution >= 4 is 5.91 Å². The quantitative estimate of drug-likeness (QED) is 0.773. The number of carbonyl (C=O) groups is 1. The van der Waals surface area contributed by atoms with Crippen LogP contribution in [0.3, 0.4) is 0 Å². The van der Waals surface area contributed by atoms with Crippen LogP contribution in [0.1, 0.15) is 53.4 Å². The molecule has 1 unspecified atom stereocenters. The Bertz CT molecular complexity index is 249. The number of likely N-dealkylation sites (tertiary alicyclic amines) is 1. The highest BCUT2D eigenvalue weighted by Crippen LogP contribution is 2.36. The maximum absolute atomic E-state index is 12.0. The first-order chi connectivity index (χ1) is 8.06. The van der Waals surface area contributed by atoms with Crippen molar-refractivity contribution in [3.63, 3.8) is 0 Å². The molecule has 1 aliphatic rings. The second-order valence-corrected chi connectivity index (χ2v) is 5.46. The van der Waals surface area contributed by atoms with Crippen molar-refractivity contribution in [2.24, 2.45) is 5.41 Å². The Kier molecular flexibility index (Phi) is 5.44. The van der Waals surface area contributed by atoms with E-state index in [1.165, 1.54) is 19.3 Å². The molecule has 3 nitrogen and oxygen atoms in total. The van der Waals surface area contributed by atoms with Crippen LogP contribution >= 0.6 is 0 Å². The van der Waals surface area contributed by atoms with Gasteiger partial charge in [-0.25, -0.2) is 0 Å². The van der Waals surface area contributed by atoms with Gasteiger partial charge in [0, 0.05) is 19.1 Å². The predicted molar refractivity (Wildman–Crippen MR) is 72.0 cm³/mol. The van der Waals surface area contributed by atoms with Crippen molar-refractivity contribution < 1.29 is 4.79 Å².